The van der Waals surface area contributed by atoms with Crippen molar-refractivity contribution < 1.29 is 19.4 Å². The lowest BCUT2D eigenvalue weighted by Crippen LogP contribution is -2.16. The van der Waals surface area contributed by atoms with E-state index in [4.69, 9.17) is 14.6 Å². The highest BCUT2D eigenvalue weighted by atomic mass is 16.6. The number of carbonyl (C=O) groups is 1. The molecule has 0 aliphatic heterocycles. The molecule has 0 aliphatic carbocycles. The first-order valence-corrected chi connectivity index (χ1v) is 5.97. The Morgan fingerprint density at radius 2 is 2.28 bits per heavy atom. The van der Waals surface area contributed by atoms with Crippen LogP contribution in [0.5, 0.6) is 5.75 Å². The average molecular weight is 253 g/mol. The number of amides is 1. The first-order chi connectivity index (χ1) is 8.65. The molecule has 0 spiro atoms. The predicted octanol–water partition coefficient (Wildman–Crippen LogP) is 2.40. The first kappa shape index (κ1) is 14.3. The molecule has 5 heteroatoms. The van der Waals surface area contributed by atoms with Gasteiger partial charge >= 0.3 is 6.09 Å². The molecule has 0 fully saturated rings. The van der Waals surface area contributed by atoms with Gasteiger partial charge in [-0.25, -0.2) is 4.79 Å². The van der Waals surface area contributed by atoms with E-state index in [-0.39, 0.29) is 19.3 Å². The molecule has 2 N–H and O–H groups in total. The molecular formula is C13H19NO4. The van der Waals surface area contributed by atoms with Crippen molar-refractivity contribution in [2.24, 2.45) is 0 Å². The van der Waals surface area contributed by atoms with E-state index in [2.05, 4.69) is 5.32 Å². The minimum Gasteiger partial charge on any atom is -0.491 e. The molecule has 100 valence electrons. The monoisotopic (exact) mass is 253 g/mol. The third kappa shape index (κ3) is 5.05. The number of hydrogen-bond donors (Lipinski definition) is 2. The number of aliphatic hydroxyl groups is 1. The molecule has 0 aromatic heterocycles. The summed E-state index contributed by atoms with van der Waals surface area (Å²) >= 11 is 0. The average Bonchev–Trinajstić information content (AvgIpc) is 2.36. The molecule has 1 atom stereocenters. The second-order valence-electron chi connectivity index (χ2n) is 3.85. The topological polar surface area (TPSA) is 67.8 Å². The zero-order valence-electron chi connectivity index (χ0n) is 10.7. The fourth-order valence-corrected chi connectivity index (χ4v) is 1.26. The maximum atomic E-state index is 11.3. The Balaban J connectivity index is 2.56. The smallest absolute Gasteiger partial charge is 0.411 e. The minimum atomic E-state index is -0.593. The van der Waals surface area contributed by atoms with Gasteiger partial charge in [0.1, 0.15) is 12.4 Å². The van der Waals surface area contributed by atoms with Crippen molar-refractivity contribution in [1.29, 1.82) is 0 Å². The van der Waals surface area contributed by atoms with Crippen LogP contribution in [0.25, 0.3) is 0 Å². The number of carbonyl (C=O) groups excluding carboxylic acids is 1. The predicted molar refractivity (Wildman–Crippen MR) is 68.9 cm³/mol. The van der Waals surface area contributed by atoms with E-state index in [0.29, 0.717) is 11.4 Å². The van der Waals surface area contributed by atoms with E-state index in [1.165, 1.54) is 0 Å². The van der Waals surface area contributed by atoms with E-state index >= 15 is 0 Å². The van der Waals surface area contributed by atoms with Gasteiger partial charge in [0.05, 0.1) is 12.7 Å². The molecule has 1 unspecified atom stereocenters. The molecule has 0 saturated carbocycles. The van der Waals surface area contributed by atoms with Crippen LogP contribution in [0.1, 0.15) is 20.3 Å². The maximum absolute atomic E-state index is 11.3. The van der Waals surface area contributed by atoms with Crippen molar-refractivity contribution in [1.82, 2.24) is 0 Å². The van der Waals surface area contributed by atoms with Gasteiger partial charge in [0, 0.05) is 11.8 Å². The van der Waals surface area contributed by atoms with Crippen LogP contribution in [0, 0.1) is 0 Å². The van der Waals surface area contributed by atoms with E-state index in [1.54, 1.807) is 18.2 Å². The molecule has 0 bridgehead atoms. The number of anilines is 1. The van der Waals surface area contributed by atoms with E-state index in [9.17, 15) is 4.79 Å². The summed E-state index contributed by atoms with van der Waals surface area (Å²) in [7, 11) is 0. The zero-order chi connectivity index (χ0) is 13.4. The molecule has 1 aromatic carbocycles. The largest absolute Gasteiger partial charge is 0.491 e. The lowest BCUT2D eigenvalue weighted by Gasteiger charge is -2.13. The Kier molecular flexibility index (Phi) is 6.00. The van der Waals surface area contributed by atoms with Gasteiger partial charge in [-0.15, -0.1) is 0 Å². The van der Waals surface area contributed by atoms with Crippen LogP contribution >= 0.6 is 0 Å². The molecule has 1 amide bonds. The van der Waals surface area contributed by atoms with Crippen LogP contribution in [-0.2, 0) is 4.74 Å². The number of rotatable bonds is 6. The summed E-state index contributed by atoms with van der Waals surface area (Å²) in [5.41, 5.74) is 0.596. The van der Waals surface area contributed by atoms with Gasteiger partial charge in [-0.3, -0.25) is 5.32 Å². The van der Waals surface area contributed by atoms with Gasteiger partial charge in [0.2, 0.25) is 0 Å². The summed E-state index contributed by atoms with van der Waals surface area (Å²) in [5, 5.41) is 11.1. The molecule has 0 heterocycles. The van der Waals surface area contributed by atoms with Crippen LogP contribution in [-0.4, -0.2) is 30.5 Å². The molecule has 1 aromatic rings. The van der Waals surface area contributed by atoms with Gasteiger partial charge in [-0.05, 0) is 25.5 Å². The fourth-order valence-electron chi connectivity index (χ4n) is 1.26. The van der Waals surface area contributed by atoms with Gasteiger partial charge in [0.25, 0.3) is 0 Å². The lowest BCUT2D eigenvalue weighted by molar-refractivity contribution is 0.131. The molecule has 0 aliphatic rings. The Labute approximate surface area is 107 Å². The van der Waals surface area contributed by atoms with Crippen LogP contribution in [0.3, 0.4) is 0 Å². The first-order valence-electron chi connectivity index (χ1n) is 5.97. The zero-order valence-corrected chi connectivity index (χ0v) is 10.7. The summed E-state index contributed by atoms with van der Waals surface area (Å²) < 4.78 is 10.3. The van der Waals surface area contributed by atoms with E-state index < -0.39 is 6.09 Å². The third-order valence-corrected chi connectivity index (χ3v) is 2.32. The highest BCUT2D eigenvalue weighted by Crippen LogP contribution is 2.19. The van der Waals surface area contributed by atoms with Gasteiger partial charge in [0.15, 0.2) is 0 Å². The SMILES string of the molecule is CCC(C)Oc1cccc(NC(=O)OCCO)c1. The molecule has 0 saturated heterocycles. The summed E-state index contributed by atoms with van der Waals surface area (Å²) in [6, 6.07) is 7.09. The van der Waals surface area contributed by atoms with Gasteiger partial charge in [-0.2, -0.15) is 0 Å². The number of hydrogen-bond acceptors (Lipinski definition) is 4. The van der Waals surface area contributed by atoms with Crippen LogP contribution < -0.4 is 10.1 Å². The number of benzene rings is 1. The Morgan fingerprint density at radius 1 is 1.50 bits per heavy atom. The summed E-state index contributed by atoms with van der Waals surface area (Å²) in [4.78, 5) is 11.3. The fraction of sp³-hybridized carbons (Fsp3) is 0.462. The van der Waals surface area contributed by atoms with Crippen molar-refractivity contribution in [3.63, 3.8) is 0 Å². The number of aliphatic hydroxyl groups excluding tert-OH is 1. The second kappa shape index (κ2) is 7.55. The Hall–Kier alpha value is -1.75. The number of nitrogens with one attached hydrogen (secondary N) is 1. The normalized spacial score (nSPS) is 11.7. The highest BCUT2D eigenvalue weighted by Gasteiger charge is 2.05. The quantitative estimate of drug-likeness (QED) is 0.817. The standard InChI is InChI=1S/C13H19NO4/c1-3-10(2)18-12-6-4-5-11(9-12)14-13(16)17-8-7-15/h4-6,9-10,15H,3,7-8H2,1-2H3,(H,14,16). The van der Waals surface area contributed by atoms with Crippen molar-refractivity contribution in [3.05, 3.63) is 24.3 Å². The Bertz CT molecular complexity index is 381. The summed E-state index contributed by atoms with van der Waals surface area (Å²) in [6.45, 7) is 3.81. The molecule has 5 nitrogen and oxygen atoms in total. The highest BCUT2D eigenvalue weighted by molar-refractivity contribution is 5.84. The van der Waals surface area contributed by atoms with Gasteiger partial charge in [-0.1, -0.05) is 13.0 Å². The molecule has 0 radical (unpaired) electrons. The van der Waals surface area contributed by atoms with Crippen molar-refractivity contribution in [2.75, 3.05) is 18.5 Å². The van der Waals surface area contributed by atoms with Crippen LogP contribution in [0.15, 0.2) is 24.3 Å². The summed E-state index contributed by atoms with van der Waals surface area (Å²) in [6.07, 6.45) is 0.447. The lowest BCUT2D eigenvalue weighted by atomic mass is 10.3. The summed E-state index contributed by atoms with van der Waals surface area (Å²) in [5.74, 6) is 0.698. The van der Waals surface area contributed by atoms with Crippen LogP contribution in [0.2, 0.25) is 0 Å². The number of ether oxygens (including phenoxy) is 2. The Morgan fingerprint density at radius 3 is 2.94 bits per heavy atom. The van der Waals surface area contributed by atoms with E-state index in [0.717, 1.165) is 6.42 Å². The molecule has 1 rings (SSSR count). The second-order valence-corrected chi connectivity index (χ2v) is 3.85. The van der Waals surface area contributed by atoms with Crippen molar-refractivity contribution >= 4 is 11.8 Å². The van der Waals surface area contributed by atoms with Crippen molar-refractivity contribution in [3.8, 4) is 5.75 Å². The van der Waals surface area contributed by atoms with Gasteiger partial charge < -0.3 is 14.6 Å². The van der Waals surface area contributed by atoms with Crippen molar-refractivity contribution in [2.45, 2.75) is 26.4 Å². The maximum Gasteiger partial charge on any atom is 0.411 e. The third-order valence-electron chi connectivity index (χ3n) is 2.32. The molecular weight excluding hydrogens is 234 g/mol. The minimum absolute atomic E-state index is 0.0190. The molecule has 18 heavy (non-hydrogen) atoms. The van der Waals surface area contributed by atoms with Crippen LogP contribution in [0.4, 0.5) is 10.5 Å². The van der Waals surface area contributed by atoms with E-state index in [1.807, 2.05) is 19.9 Å².